The SMILES string of the molecule is O=C(O)C1CC(=O)N(C2CCN(Cc3ccc(F)cc3)CC2)C1. The molecule has 2 saturated heterocycles. The van der Waals surface area contributed by atoms with Gasteiger partial charge in [-0.2, -0.15) is 0 Å². The summed E-state index contributed by atoms with van der Waals surface area (Å²) in [6.45, 7) is 2.85. The fraction of sp³-hybridized carbons (Fsp3) is 0.529. The molecular weight excluding hydrogens is 299 g/mol. The average molecular weight is 320 g/mol. The number of halogens is 1. The number of amides is 1. The van der Waals surface area contributed by atoms with Crippen LogP contribution in [0.2, 0.25) is 0 Å². The van der Waals surface area contributed by atoms with Crippen LogP contribution in [-0.4, -0.2) is 52.5 Å². The molecule has 1 aromatic carbocycles. The number of rotatable bonds is 4. The van der Waals surface area contributed by atoms with Gasteiger partial charge in [-0.25, -0.2) is 4.39 Å². The van der Waals surface area contributed by atoms with Crippen LogP contribution >= 0.6 is 0 Å². The van der Waals surface area contributed by atoms with Crippen molar-refractivity contribution in [2.45, 2.75) is 31.8 Å². The van der Waals surface area contributed by atoms with E-state index in [9.17, 15) is 14.0 Å². The highest BCUT2D eigenvalue weighted by atomic mass is 19.1. The van der Waals surface area contributed by atoms with Crippen molar-refractivity contribution < 1.29 is 19.1 Å². The first-order chi connectivity index (χ1) is 11.0. The van der Waals surface area contributed by atoms with Crippen LogP contribution in [0.15, 0.2) is 24.3 Å². The van der Waals surface area contributed by atoms with E-state index in [1.807, 2.05) is 0 Å². The predicted octanol–water partition coefficient (Wildman–Crippen LogP) is 1.72. The van der Waals surface area contributed by atoms with Gasteiger partial charge >= 0.3 is 5.97 Å². The van der Waals surface area contributed by atoms with Crippen molar-refractivity contribution in [2.24, 2.45) is 5.92 Å². The summed E-state index contributed by atoms with van der Waals surface area (Å²) >= 11 is 0. The lowest BCUT2D eigenvalue weighted by Gasteiger charge is -2.36. The Morgan fingerprint density at radius 2 is 1.87 bits per heavy atom. The maximum atomic E-state index is 12.9. The van der Waals surface area contributed by atoms with Crippen molar-refractivity contribution in [2.75, 3.05) is 19.6 Å². The molecule has 0 aromatic heterocycles. The highest BCUT2D eigenvalue weighted by Crippen LogP contribution is 2.26. The number of carboxylic acids is 1. The second-order valence-corrected chi connectivity index (χ2v) is 6.42. The summed E-state index contributed by atoms with van der Waals surface area (Å²) in [4.78, 5) is 27.1. The molecule has 6 heteroatoms. The van der Waals surface area contributed by atoms with Crippen LogP contribution in [0.5, 0.6) is 0 Å². The lowest BCUT2D eigenvalue weighted by Crippen LogP contribution is -2.45. The van der Waals surface area contributed by atoms with Crippen molar-refractivity contribution in [3.05, 3.63) is 35.6 Å². The number of carbonyl (C=O) groups excluding carboxylic acids is 1. The molecule has 5 nitrogen and oxygen atoms in total. The van der Waals surface area contributed by atoms with Crippen LogP contribution in [0.25, 0.3) is 0 Å². The third-order valence-corrected chi connectivity index (χ3v) is 4.83. The van der Waals surface area contributed by atoms with E-state index in [4.69, 9.17) is 5.11 Å². The van der Waals surface area contributed by atoms with E-state index in [0.717, 1.165) is 38.0 Å². The summed E-state index contributed by atoms with van der Waals surface area (Å²) in [5.74, 6) is -1.70. The molecule has 1 aromatic rings. The van der Waals surface area contributed by atoms with E-state index in [-0.39, 0.29) is 24.2 Å². The van der Waals surface area contributed by atoms with E-state index in [1.54, 1.807) is 17.0 Å². The summed E-state index contributed by atoms with van der Waals surface area (Å²) in [6.07, 6.45) is 1.85. The van der Waals surface area contributed by atoms with Gasteiger partial charge in [-0.3, -0.25) is 14.5 Å². The molecule has 0 saturated carbocycles. The molecule has 1 atom stereocenters. The number of aliphatic carboxylic acids is 1. The molecule has 124 valence electrons. The number of hydrogen-bond acceptors (Lipinski definition) is 3. The zero-order valence-electron chi connectivity index (χ0n) is 12.9. The molecule has 3 rings (SSSR count). The molecule has 0 spiro atoms. The van der Waals surface area contributed by atoms with E-state index in [1.165, 1.54) is 12.1 Å². The molecule has 0 bridgehead atoms. The number of carbonyl (C=O) groups is 2. The van der Waals surface area contributed by atoms with E-state index < -0.39 is 11.9 Å². The van der Waals surface area contributed by atoms with E-state index >= 15 is 0 Å². The normalized spacial score (nSPS) is 23.4. The topological polar surface area (TPSA) is 60.9 Å². The first kappa shape index (κ1) is 15.9. The maximum Gasteiger partial charge on any atom is 0.308 e. The molecule has 0 aliphatic carbocycles. The highest BCUT2D eigenvalue weighted by Gasteiger charge is 2.38. The first-order valence-electron chi connectivity index (χ1n) is 8.02. The number of piperidine rings is 1. The minimum atomic E-state index is -0.880. The molecule has 1 N–H and O–H groups in total. The van der Waals surface area contributed by atoms with Gasteiger partial charge in [0.1, 0.15) is 5.82 Å². The van der Waals surface area contributed by atoms with Crippen molar-refractivity contribution in [1.29, 1.82) is 0 Å². The lowest BCUT2D eigenvalue weighted by atomic mass is 10.0. The van der Waals surface area contributed by atoms with Gasteiger partial charge in [0.15, 0.2) is 0 Å². The molecule has 2 heterocycles. The third-order valence-electron chi connectivity index (χ3n) is 4.83. The van der Waals surface area contributed by atoms with Crippen LogP contribution in [0.3, 0.4) is 0 Å². The summed E-state index contributed by atoms with van der Waals surface area (Å²) in [5.41, 5.74) is 1.08. The van der Waals surface area contributed by atoms with Crippen molar-refractivity contribution in [3.63, 3.8) is 0 Å². The number of hydrogen-bond donors (Lipinski definition) is 1. The minimum Gasteiger partial charge on any atom is -0.481 e. The van der Waals surface area contributed by atoms with Crippen LogP contribution in [0.4, 0.5) is 4.39 Å². The average Bonchev–Trinajstić information content (AvgIpc) is 2.93. The van der Waals surface area contributed by atoms with Crippen LogP contribution < -0.4 is 0 Å². The third kappa shape index (κ3) is 3.69. The van der Waals surface area contributed by atoms with E-state index in [0.29, 0.717) is 6.54 Å². The number of nitrogens with zero attached hydrogens (tertiary/aromatic N) is 2. The second-order valence-electron chi connectivity index (χ2n) is 6.42. The zero-order chi connectivity index (χ0) is 16.4. The summed E-state index contributed by atoms with van der Waals surface area (Å²) < 4.78 is 12.9. The highest BCUT2D eigenvalue weighted by molar-refractivity contribution is 5.86. The van der Waals surface area contributed by atoms with Gasteiger partial charge in [0.05, 0.1) is 5.92 Å². The molecule has 2 aliphatic rings. The molecule has 2 fully saturated rings. The van der Waals surface area contributed by atoms with E-state index in [2.05, 4.69) is 4.90 Å². The fourth-order valence-electron chi connectivity index (χ4n) is 3.49. The summed E-state index contributed by atoms with van der Waals surface area (Å²) in [5, 5.41) is 9.06. The van der Waals surface area contributed by atoms with Crippen molar-refractivity contribution >= 4 is 11.9 Å². The van der Waals surface area contributed by atoms with Crippen LogP contribution in [0.1, 0.15) is 24.8 Å². The van der Waals surface area contributed by atoms with Crippen molar-refractivity contribution in [1.82, 2.24) is 9.80 Å². The molecule has 1 unspecified atom stereocenters. The Morgan fingerprint density at radius 3 is 2.43 bits per heavy atom. The minimum absolute atomic E-state index is 0.0330. The van der Waals surface area contributed by atoms with Gasteiger partial charge in [-0.1, -0.05) is 12.1 Å². The Balaban J connectivity index is 1.51. The predicted molar refractivity (Wildman–Crippen MR) is 82.2 cm³/mol. The zero-order valence-corrected chi connectivity index (χ0v) is 12.9. The Kier molecular flexibility index (Phi) is 4.61. The molecule has 1 amide bonds. The molecule has 2 aliphatic heterocycles. The Hall–Kier alpha value is -1.95. The maximum absolute atomic E-state index is 12.9. The van der Waals surface area contributed by atoms with Crippen LogP contribution in [0, 0.1) is 11.7 Å². The van der Waals surface area contributed by atoms with Gasteiger partial charge in [0.25, 0.3) is 0 Å². The fourth-order valence-corrected chi connectivity index (χ4v) is 3.49. The monoisotopic (exact) mass is 320 g/mol. The summed E-state index contributed by atoms with van der Waals surface area (Å²) in [6, 6.07) is 6.68. The van der Waals surface area contributed by atoms with Gasteiger partial charge in [-0.15, -0.1) is 0 Å². The Morgan fingerprint density at radius 1 is 1.22 bits per heavy atom. The first-order valence-corrected chi connectivity index (χ1v) is 8.02. The van der Waals surface area contributed by atoms with Crippen LogP contribution in [-0.2, 0) is 16.1 Å². The van der Waals surface area contributed by atoms with Gasteiger partial charge < -0.3 is 10.0 Å². The number of carboxylic acid groups (broad SMARTS) is 1. The quantitative estimate of drug-likeness (QED) is 0.918. The van der Waals surface area contributed by atoms with Gasteiger partial charge in [0.2, 0.25) is 5.91 Å². The largest absolute Gasteiger partial charge is 0.481 e. The standard InChI is InChI=1S/C17H21FN2O3/c18-14-3-1-12(2-4-14)10-19-7-5-15(6-8-19)20-11-13(17(22)23)9-16(20)21/h1-4,13,15H,5-11H2,(H,22,23). The smallest absolute Gasteiger partial charge is 0.308 e. The molecule has 23 heavy (non-hydrogen) atoms. The van der Waals surface area contributed by atoms with Gasteiger partial charge in [-0.05, 0) is 30.5 Å². The Bertz CT molecular complexity index is 582. The second kappa shape index (κ2) is 6.66. The lowest BCUT2D eigenvalue weighted by molar-refractivity contribution is -0.141. The number of benzene rings is 1. The van der Waals surface area contributed by atoms with Crippen molar-refractivity contribution in [3.8, 4) is 0 Å². The molecule has 0 radical (unpaired) electrons. The van der Waals surface area contributed by atoms with Gasteiger partial charge in [0, 0.05) is 38.6 Å². The number of likely N-dealkylation sites (tertiary alicyclic amines) is 2. The summed E-state index contributed by atoms with van der Waals surface area (Å²) in [7, 11) is 0. The Labute approximate surface area is 134 Å². The molecular formula is C17H21FN2O3.